The van der Waals surface area contributed by atoms with E-state index in [2.05, 4.69) is 25.9 Å². The van der Waals surface area contributed by atoms with E-state index in [9.17, 15) is 21.6 Å². The van der Waals surface area contributed by atoms with Crippen molar-refractivity contribution >= 4 is 27.5 Å². The van der Waals surface area contributed by atoms with E-state index < -0.39 is 22.2 Å². The summed E-state index contributed by atoms with van der Waals surface area (Å²) in [6.07, 6.45) is 1.62. The zero-order valence-electron chi connectivity index (χ0n) is 19.6. The molecule has 198 valence electrons. The number of alkyl halides is 3. The Balaban J connectivity index is 0.000000479. The minimum atomic E-state index is -5.08. The molecule has 1 saturated carbocycles. The lowest BCUT2D eigenvalue weighted by Gasteiger charge is -2.27. The summed E-state index contributed by atoms with van der Waals surface area (Å²) in [7, 11) is -3.68. The summed E-state index contributed by atoms with van der Waals surface area (Å²) in [4.78, 5) is 17.3. The van der Waals surface area contributed by atoms with E-state index in [1.54, 1.807) is 28.9 Å². The number of fused-ring (bicyclic) bond motifs is 1. The van der Waals surface area contributed by atoms with E-state index in [4.69, 9.17) is 20.9 Å². The highest BCUT2D eigenvalue weighted by atomic mass is 32.2. The largest absolute Gasteiger partial charge is 0.490 e. The first-order valence-corrected chi connectivity index (χ1v) is 12.6. The number of benzene rings is 1. The van der Waals surface area contributed by atoms with Crippen molar-refractivity contribution in [3.05, 3.63) is 36.3 Å². The number of carboxylic acid groups (broad SMARTS) is 1. The van der Waals surface area contributed by atoms with Crippen LogP contribution in [0, 0.1) is 24.2 Å². The predicted molar refractivity (Wildman–Crippen MR) is 125 cm³/mol. The molecule has 0 spiro atoms. The van der Waals surface area contributed by atoms with Crippen molar-refractivity contribution in [1.29, 1.82) is 5.26 Å². The first-order chi connectivity index (χ1) is 17.3. The zero-order valence-corrected chi connectivity index (χ0v) is 20.4. The van der Waals surface area contributed by atoms with Crippen LogP contribution < -0.4 is 10.5 Å². The smallest absolute Gasteiger partial charge is 0.475 e. The Bertz CT molecular complexity index is 1430. The summed E-state index contributed by atoms with van der Waals surface area (Å²) in [6.45, 7) is 1.90. The molecule has 0 amide bonds. The third-order valence-corrected chi connectivity index (χ3v) is 7.44. The monoisotopic (exact) mass is 539 g/mol. The number of sulfonamides is 1. The number of hydrogen-bond donors (Lipinski definition) is 3. The van der Waals surface area contributed by atoms with Crippen LogP contribution in [0.1, 0.15) is 37.7 Å². The summed E-state index contributed by atoms with van der Waals surface area (Å²) in [5, 5.41) is 20.2. The number of halogens is 3. The maximum absolute atomic E-state index is 13.0. The minimum absolute atomic E-state index is 0.113. The van der Waals surface area contributed by atoms with Gasteiger partial charge in [0.1, 0.15) is 6.33 Å². The topological polar surface area (TPSA) is 176 Å². The summed E-state index contributed by atoms with van der Waals surface area (Å²) < 4.78 is 62.2. The highest BCUT2D eigenvalue weighted by molar-refractivity contribution is 7.89. The second-order valence-corrected chi connectivity index (χ2v) is 10.2. The maximum Gasteiger partial charge on any atom is 0.490 e. The van der Waals surface area contributed by atoms with Crippen LogP contribution in [0.3, 0.4) is 0 Å². The Kier molecular flexibility index (Phi) is 8.34. The Morgan fingerprint density at radius 2 is 1.92 bits per heavy atom. The molecule has 2 aromatic heterocycles. The normalized spacial score (nSPS) is 18.0. The van der Waals surface area contributed by atoms with Gasteiger partial charge in [-0.2, -0.15) is 23.5 Å². The number of carboxylic acids is 1. The summed E-state index contributed by atoms with van der Waals surface area (Å²) in [6, 6.07) is 7.11. The van der Waals surface area contributed by atoms with Crippen molar-refractivity contribution < 1.29 is 31.5 Å². The molecule has 0 unspecified atom stereocenters. The highest BCUT2D eigenvalue weighted by Gasteiger charge is 2.38. The number of anilines is 1. The van der Waals surface area contributed by atoms with Gasteiger partial charge >= 0.3 is 12.1 Å². The van der Waals surface area contributed by atoms with Crippen LogP contribution in [0.4, 0.5) is 19.0 Å². The van der Waals surface area contributed by atoms with Gasteiger partial charge in [0.15, 0.2) is 11.5 Å². The van der Waals surface area contributed by atoms with Gasteiger partial charge in [0.25, 0.3) is 0 Å². The molecule has 37 heavy (non-hydrogen) atoms. The first-order valence-electron chi connectivity index (χ1n) is 11.1. The van der Waals surface area contributed by atoms with Crippen molar-refractivity contribution in [3.63, 3.8) is 0 Å². The summed E-state index contributed by atoms with van der Waals surface area (Å²) in [5.74, 6) is -2.13. The molecule has 0 saturated heterocycles. The van der Waals surface area contributed by atoms with E-state index in [0.717, 1.165) is 31.2 Å². The van der Waals surface area contributed by atoms with Crippen LogP contribution in [0.2, 0.25) is 0 Å². The lowest BCUT2D eigenvalue weighted by molar-refractivity contribution is -0.192. The lowest BCUT2D eigenvalue weighted by atomic mass is 9.85. The van der Waals surface area contributed by atoms with Crippen molar-refractivity contribution in [2.45, 2.75) is 56.1 Å². The minimum Gasteiger partial charge on any atom is -0.475 e. The number of aryl methyl sites for hydroxylation is 1. The van der Waals surface area contributed by atoms with Crippen LogP contribution in [0.5, 0.6) is 0 Å². The quantitative estimate of drug-likeness (QED) is 0.440. The van der Waals surface area contributed by atoms with Gasteiger partial charge in [0, 0.05) is 18.0 Å². The van der Waals surface area contributed by atoms with Gasteiger partial charge < -0.3 is 10.8 Å². The number of aromatic nitrogens is 4. The van der Waals surface area contributed by atoms with E-state index in [0.29, 0.717) is 29.2 Å². The van der Waals surface area contributed by atoms with E-state index in [-0.39, 0.29) is 16.8 Å². The van der Waals surface area contributed by atoms with Gasteiger partial charge in [-0.05, 0) is 56.2 Å². The second kappa shape index (κ2) is 11.1. The molecule has 1 aliphatic carbocycles. The number of imidazole rings is 1. The number of nitrogens with one attached hydrogen (secondary N) is 1. The SMILES string of the molecule is Cc1ccc(S(=O)(=O)NC2CCC(CC#N)CC2)cc1-c1cnc2c(N)ncnn12.O=C(O)C(F)(F)F. The first kappa shape index (κ1) is 27.8. The van der Waals surface area contributed by atoms with Crippen LogP contribution in [-0.4, -0.2) is 51.3 Å². The molecule has 1 aliphatic rings. The molecule has 0 radical (unpaired) electrons. The van der Waals surface area contributed by atoms with E-state index in [1.807, 2.05) is 6.92 Å². The molecule has 1 aromatic carbocycles. The van der Waals surface area contributed by atoms with Gasteiger partial charge in [-0.15, -0.1) is 0 Å². The molecule has 1 fully saturated rings. The number of nitrogen functional groups attached to an aromatic ring is 1. The number of nitrogens with two attached hydrogens (primary N) is 1. The van der Waals surface area contributed by atoms with Gasteiger partial charge in [-0.3, -0.25) is 0 Å². The molecule has 0 aliphatic heterocycles. The lowest BCUT2D eigenvalue weighted by Crippen LogP contribution is -2.37. The van der Waals surface area contributed by atoms with Gasteiger partial charge in [-0.25, -0.2) is 32.4 Å². The van der Waals surface area contributed by atoms with Crippen LogP contribution in [0.25, 0.3) is 16.9 Å². The average Bonchev–Trinajstić information content (AvgIpc) is 3.26. The molecular formula is C22H24F3N7O4S. The fraction of sp³-hybridized carbons (Fsp3) is 0.409. The molecule has 15 heteroatoms. The number of carbonyl (C=O) groups is 1. The second-order valence-electron chi connectivity index (χ2n) is 8.50. The number of nitrogens with zero attached hydrogens (tertiary/aromatic N) is 5. The Hall–Kier alpha value is -3.77. The predicted octanol–water partition coefficient (Wildman–Crippen LogP) is 3.07. The number of aliphatic carboxylic acids is 1. The van der Waals surface area contributed by atoms with E-state index >= 15 is 0 Å². The standard InChI is InChI=1S/C20H23N7O2S.C2HF3O2/c1-13-2-7-16(30(28,29)26-15-5-3-14(4-6-15)8-9-21)10-17(13)18-11-23-20-19(22)24-12-25-27(18)20;3-2(4,5)1(6)7/h2,7,10-12,14-15,26H,3-6,8H2,1H3,(H2,22,24,25);(H,6,7). The fourth-order valence-electron chi connectivity index (χ4n) is 3.96. The van der Waals surface area contributed by atoms with Gasteiger partial charge in [0.2, 0.25) is 10.0 Å². The van der Waals surface area contributed by atoms with Crippen molar-refractivity contribution in [2.75, 3.05) is 5.73 Å². The molecular weight excluding hydrogens is 515 g/mol. The number of nitriles is 1. The average molecular weight is 540 g/mol. The summed E-state index contributed by atoms with van der Waals surface area (Å²) >= 11 is 0. The summed E-state index contributed by atoms with van der Waals surface area (Å²) in [5.41, 5.74) is 8.53. The maximum atomic E-state index is 13.0. The molecule has 0 atom stereocenters. The van der Waals surface area contributed by atoms with Crippen LogP contribution in [-0.2, 0) is 14.8 Å². The van der Waals surface area contributed by atoms with E-state index in [1.165, 1.54) is 6.33 Å². The Labute approximate surface area is 210 Å². The third kappa shape index (κ3) is 6.71. The van der Waals surface area contributed by atoms with Crippen molar-refractivity contribution in [1.82, 2.24) is 24.3 Å². The molecule has 4 rings (SSSR count). The fourth-order valence-corrected chi connectivity index (χ4v) is 5.29. The van der Waals surface area contributed by atoms with Gasteiger partial charge in [0.05, 0.1) is 22.9 Å². The molecule has 3 aromatic rings. The molecule has 2 heterocycles. The highest BCUT2D eigenvalue weighted by Crippen LogP contribution is 2.30. The number of hydrogen-bond acceptors (Lipinski definition) is 8. The van der Waals surface area contributed by atoms with Crippen LogP contribution >= 0.6 is 0 Å². The Morgan fingerprint density at radius 3 is 2.51 bits per heavy atom. The zero-order chi connectivity index (χ0) is 27.4. The van der Waals surface area contributed by atoms with Crippen molar-refractivity contribution in [2.24, 2.45) is 5.92 Å². The number of rotatable bonds is 5. The molecule has 4 N–H and O–H groups in total. The molecule has 0 bridgehead atoms. The van der Waals surface area contributed by atoms with Gasteiger partial charge in [-0.1, -0.05) is 6.07 Å². The van der Waals surface area contributed by atoms with Crippen LogP contribution in [0.15, 0.2) is 35.6 Å². The molecule has 11 nitrogen and oxygen atoms in total. The van der Waals surface area contributed by atoms with Crippen molar-refractivity contribution in [3.8, 4) is 17.3 Å². The Morgan fingerprint density at radius 1 is 1.27 bits per heavy atom. The third-order valence-electron chi connectivity index (χ3n) is 5.92.